The molecule has 1 aromatic rings. The molecule has 4 nitrogen and oxygen atoms in total. The van der Waals surface area contributed by atoms with Crippen LogP contribution >= 0.6 is 23.2 Å². The predicted octanol–water partition coefficient (Wildman–Crippen LogP) is 3.80. The van der Waals surface area contributed by atoms with Gasteiger partial charge in [-0.25, -0.2) is 4.79 Å². The Kier molecular flexibility index (Phi) is 5.93. The fourth-order valence-corrected chi connectivity index (χ4v) is 3.29. The van der Waals surface area contributed by atoms with Crippen LogP contribution in [0, 0.1) is 11.8 Å². The molecular weight excluding hydrogens is 337 g/mol. The van der Waals surface area contributed by atoms with Gasteiger partial charge in [0.15, 0.2) is 0 Å². The van der Waals surface area contributed by atoms with E-state index in [-0.39, 0.29) is 23.7 Å². The van der Waals surface area contributed by atoms with Crippen molar-refractivity contribution in [2.45, 2.75) is 38.6 Å². The number of methoxy groups -OCH3 is 1. The lowest BCUT2D eigenvalue weighted by Gasteiger charge is -2.18. The van der Waals surface area contributed by atoms with E-state index in [4.69, 9.17) is 27.9 Å². The minimum atomic E-state index is -0.600. The third kappa shape index (κ3) is 4.85. The molecule has 0 saturated heterocycles. The zero-order valence-electron chi connectivity index (χ0n) is 13.4. The molecule has 1 fully saturated rings. The smallest absolute Gasteiger partial charge is 0.328 e. The fourth-order valence-electron chi connectivity index (χ4n) is 2.75. The van der Waals surface area contributed by atoms with Gasteiger partial charge < -0.3 is 10.1 Å². The van der Waals surface area contributed by atoms with E-state index < -0.39 is 12.0 Å². The lowest BCUT2D eigenvalue weighted by atomic mass is 10.0. The highest BCUT2D eigenvalue weighted by atomic mass is 35.5. The summed E-state index contributed by atoms with van der Waals surface area (Å²) in [6.45, 7) is 3.99. The molecule has 23 heavy (non-hydrogen) atoms. The molecule has 0 unspecified atom stereocenters. The summed E-state index contributed by atoms with van der Waals surface area (Å²) in [5.74, 6) is -0.300. The van der Waals surface area contributed by atoms with Gasteiger partial charge in [0.1, 0.15) is 6.04 Å². The number of halogens is 2. The van der Waals surface area contributed by atoms with Gasteiger partial charge >= 0.3 is 5.97 Å². The van der Waals surface area contributed by atoms with Gasteiger partial charge in [-0.2, -0.15) is 0 Å². The number of hydrogen-bond donors (Lipinski definition) is 1. The molecule has 1 N–H and O–H groups in total. The Bertz CT molecular complexity index is 583. The van der Waals surface area contributed by atoms with Crippen molar-refractivity contribution in [2.24, 2.45) is 11.8 Å². The highest BCUT2D eigenvalue weighted by Gasteiger charge is 2.45. The Balaban J connectivity index is 2.00. The summed E-state index contributed by atoms with van der Waals surface area (Å²) in [5.41, 5.74) is 0.959. The van der Waals surface area contributed by atoms with Crippen LogP contribution in [0.2, 0.25) is 10.0 Å². The van der Waals surface area contributed by atoms with Crippen molar-refractivity contribution in [1.82, 2.24) is 5.32 Å². The van der Waals surface area contributed by atoms with Gasteiger partial charge in [-0.3, -0.25) is 4.79 Å². The minimum Gasteiger partial charge on any atom is -0.467 e. The van der Waals surface area contributed by atoms with Crippen molar-refractivity contribution >= 4 is 35.1 Å². The van der Waals surface area contributed by atoms with E-state index >= 15 is 0 Å². The van der Waals surface area contributed by atoms with Gasteiger partial charge in [-0.1, -0.05) is 37.0 Å². The average molecular weight is 358 g/mol. The second kappa shape index (κ2) is 7.54. The second-order valence-electron chi connectivity index (χ2n) is 6.37. The van der Waals surface area contributed by atoms with E-state index in [0.717, 1.165) is 12.0 Å². The first kappa shape index (κ1) is 18.1. The second-order valence-corrected chi connectivity index (χ2v) is 7.24. The number of carbonyl (C=O) groups is 2. The first-order valence-corrected chi connectivity index (χ1v) is 8.41. The predicted molar refractivity (Wildman–Crippen MR) is 90.7 cm³/mol. The first-order valence-electron chi connectivity index (χ1n) is 7.66. The Labute approximate surface area is 146 Å². The lowest BCUT2D eigenvalue weighted by Crippen LogP contribution is -2.43. The molecule has 0 spiro atoms. The fraction of sp³-hybridized carbons (Fsp3) is 0.529. The van der Waals surface area contributed by atoms with Gasteiger partial charge in [0.2, 0.25) is 5.91 Å². The van der Waals surface area contributed by atoms with Crippen LogP contribution in [0.3, 0.4) is 0 Å². The van der Waals surface area contributed by atoms with Gasteiger partial charge in [0.25, 0.3) is 0 Å². The van der Waals surface area contributed by atoms with Crippen molar-refractivity contribution in [3.05, 3.63) is 33.8 Å². The van der Waals surface area contributed by atoms with Crippen LogP contribution in [0.4, 0.5) is 0 Å². The number of esters is 1. The molecule has 1 saturated carbocycles. The van der Waals surface area contributed by atoms with Gasteiger partial charge in [0.05, 0.1) is 7.11 Å². The number of nitrogens with one attached hydrogen (secondary N) is 1. The van der Waals surface area contributed by atoms with Gasteiger partial charge in [-0.15, -0.1) is 0 Å². The Hall–Kier alpha value is -1.26. The third-order valence-corrected chi connectivity index (χ3v) is 4.39. The average Bonchev–Trinajstić information content (AvgIpc) is 3.24. The largest absolute Gasteiger partial charge is 0.467 e. The SMILES string of the molecule is COC(=O)[C@H](CC(C)C)NC(=O)[C@@H]1C[C@H]1c1cc(Cl)cc(Cl)c1. The lowest BCUT2D eigenvalue weighted by molar-refractivity contribution is -0.145. The molecule has 1 aromatic carbocycles. The molecule has 3 atom stereocenters. The Morgan fingerprint density at radius 2 is 1.87 bits per heavy atom. The number of rotatable bonds is 6. The van der Waals surface area contributed by atoms with Crippen LogP contribution in [-0.2, 0) is 14.3 Å². The quantitative estimate of drug-likeness (QED) is 0.787. The zero-order chi connectivity index (χ0) is 17.1. The summed E-state index contributed by atoms with van der Waals surface area (Å²) in [6, 6.07) is 4.73. The van der Waals surface area contributed by atoms with E-state index in [0.29, 0.717) is 16.5 Å². The molecule has 1 amide bonds. The van der Waals surface area contributed by atoms with Crippen LogP contribution in [0.15, 0.2) is 18.2 Å². The summed E-state index contributed by atoms with van der Waals surface area (Å²) in [5, 5.41) is 3.93. The van der Waals surface area contributed by atoms with Crippen molar-refractivity contribution in [3.63, 3.8) is 0 Å². The summed E-state index contributed by atoms with van der Waals surface area (Å²) in [4.78, 5) is 24.2. The highest BCUT2D eigenvalue weighted by Crippen LogP contribution is 2.48. The maximum Gasteiger partial charge on any atom is 0.328 e. The van der Waals surface area contributed by atoms with E-state index in [2.05, 4.69) is 5.32 Å². The molecule has 126 valence electrons. The molecule has 1 aliphatic carbocycles. The monoisotopic (exact) mass is 357 g/mol. The summed E-state index contributed by atoms with van der Waals surface area (Å²) >= 11 is 12.0. The maximum atomic E-state index is 12.4. The topological polar surface area (TPSA) is 55.4 Å². The summed E-state index contributed by atoms with van der Waals surface area (Å²) < 4.78 is 4.77. The Morgan fingerprint density at radius 1 is 1.26 bits per heavy atom. The number of ether oxygens (including phenoxy) is 1. The molecule has 6 heteroatoms. The molecule has 1 aliphatic rings. The molecule has 2 rings (SSSR count). The van der Waals surface area contributed by atoms with Crippen molar-refractivity contribution in [3.8, 4) is 0 Å². The van der Waals surface area contributed by atoms with Crippen molar-refractivity contribution in [2.75, 3.05) is 7.11 Å². The van der Waals surface area contributed by atoms with Crippen LogP contribution in [0.1, 0.15) is 38.2 Å². The first-order chi connectivity index (χ1) is 10.8. The third-order valence-electron chi connectivity index (χ3n) is 3.95. The van der Waals surface area contributed by atoms with Gasteiger partial charge in [0, 0.05) is 16.0 Å². The van der Waals surface area contributed by atoms with Gasteiger partial charge in [-0.05, 0) is 48.4 Å². The standard InChI is InChI=1S/C17H21Cl2NO3/c1-9(2)4-15(17(22)23-3)20-16(21)14-8-13(14)10-5-11(18)7-12(19)6-10/h5-7,9,13-15H,4,8H2,1-3H3,(H,20,21)/t13-,14+,15-/m0/s1. The number of carbonyl (C=O) groups excluding carboxylic acids is 2. The Morgan fingerprint density at radius 3 is 2.39 bits per heavy atom. The molecule has 0 aliphatic heterocycles. The highest BCUT2D eigenvalue weighted by molar-refractivity contribution is 6.34. The normalized spacial score (nSPS) is 21.0. The van der Waals surface area contributed by atoms with Crippen molar-refractivity contribution < 1.29 is 14.3 Å². The number of benzene rings is 1. The molecule has 0 heterocycles. The molecular formula is C17H21Cl2NO3. The van der Waals surface area contributed by atoms with E-state index in [1.807, 2.05) is 26.0 Å². The number of hydrogen-bond acceptors (Lipinski definition) is 3. The van der Waals surface area contributed by atoms with E-state index in [1.54, 1.807) is 6.07 Å². The summed E-state index contributed by atoms with van der Waals surface area (Å²) in [7, 11) is 1.33. The minimum absolute atomic E-state index is 0.101. The van der Waals surface area contributed by atoms with Crippen molar-refractivity contribution in [1.29, 1.82) is 0 Å². The maximum absolute atomic E-state index is 12.4. The molecule has 0 aromatic heterocycles. The molecule has 0 radical (unpaired) electrons. The summed E-state index contributed by atoms with van der Waals surface area (Å²) in [6.07, 6.45) is 1.29. The van der Waals surface area contributed by atoms with Crippen LogP contribution < -0.4 is 5.32 Å². The van der Waals surface area contributed by atoms with Crippen LogP contribution in [0.5, 0.6) is 0 Å². The zero-order valence-corrected chi connectivity index (χ0v) is 14.9. The van der Waals surface area contributed by atoms with E-state index in [1.165, 1.54) is 7.11 Å². The number of amides is 1. The van der Waals surface area contributed by atoms with E-state index in [9.17, 15) is 9.59 Å². The molecule has 0 bridgehead atoms. The van der Waals surface area contributed by atoms with Crippen LogP contribution in [-0.4, -0.2) is 25.0 Å². The van der Waals surface area contributed by atoms with Crippen LogP contribution in [0.25, 0.3) is 0 Å².